The smallest absolute Gasteiger partial charge is 0.307 e. The second-order valence-corrected chi connectivity index (χ2v) is 6.09. The minimum Gasteiger partial charge on any atom is -0.469 e. The van der Waals surface area contributed by atoms with Crippen LogP contribution < -0.4 is 5.32 Å². The SMILES string of the molecule is COC(=O)CC(NC(=O)c1ccccc1C)c1ccc(Br)cc1. The zero-order valence-electron chi connectivity index (χ0n) is 13.0. The molecule has 1 unspecified atom stereocenters. The van der Waals surface area contributed by atoms with Crippen molar-refractivity contribution in [1.29, 1.82) is 0 Å². The van der Waals surface area contributed by atoms with Gasteiger partial charge in [-0.1, -0.05) is 46.3 Å². The molecule has 0 saturated heterocycles. The summed E-state index contributed by atoms with van der Waals surface area (Å²) in [5, 5.41) is 2.92. The molecule has 2 aromatic rings. The zero-order valence-corrected chi connectivity index (χ0v) is 14.6. The largest absolute Gasteiger partial charge is 0.469 e. The highest BCUT2D eigenvalue weighted by atomic mass is 79.9. The summed E-state index contributed by atoms with van der Waals surface area (Å²) in [7, 11) is 1.34. The molecule has 2 aromatic carbocycles. The summed E-state index contributed by atoms with van der Waals surface area (Å²) >= 11 is 3.38. The molecule has 0 radical (unpaired) electrons. The highest BCUT2D eigenvalue weighted by Crippen LogP contribution is 2.21. The number of carbonyl (C=O) groups is 2. The van der Waals surface area contributed by atoms with Crippen LogP contribution in [0.2, 0.25) is 0 Å². The van der Waals surface area contributed by atoms with Crippen molar-refractivity contribution in [2.24, 2.45) is 0 Å². The predicted octanol–water partition coefficient (Wildman–Crippen LogP) is 3.79. The van der Waals surface area contributed by atoms with E-state index in [4.69, 9.17) is 4.74 Å². The Morgan fingerprint density at radius 2 is 1.78 bits per heavy atom. The molecule has 2 rings (SSSR count). The summed E-state index contributed by atoms with van der Waals surface area (Å²) in [6.07, 6.45) is 0.0791. The van der Waals surface area contributed by atoms with Crippen molar-refractivity contribution in [2.75, 3.05) is 7.11 Å². The third kappa shape index (κ3) is 4.66. The lowest BCUT2D eigenvalue weighted by Gasteiger charge is -2.19. The number of ether oxygens (including phenoxy) is 1. The van der Waals surface area contributed by atoms with Crippen molar-refractivity contribution >= 4 is 27.8 Å². The summed E-state index contributed by atoms with van der Waals surface area (Å²) in [4.78, 5) is 24.2. The Bertz CT molecular complexity index is 698. The van der Waals surface area contributed by atoms with Gasteiger partial charge in [-0.3, -0.25) is 9.59 Å². The standard InChI is InChI=1S/C18H18BrNO3/c1-12-5-3-4-6-15(12)18(22)20-16(11-17(21)23-2)13-7-9-14(19)10-8-13/h3-10,16H,11H2,1-2H3,(H,20,22). The fourth-order valence-corrected chi connectivity index (χ4v) is 2.53. The number of aryl methyl sites for hydroxylation is 1. The molecule has 0 aliphatic rings. The van der Waals surface area contributed by atoms with Gasteiger partial charge in [-0.25, -0.2) is 0 Å². The zero-order chi connectivity index (χ0) is 16.8. The first-order valence-electron chi connectivity index (χ1n) is 7.20. The van der Waals surface area contributed by atoms with E-state index in [2.05, 4.69) is 21.2 Å². The van der Waals surface area contributed by atoms with E-state index in [0.717, 1.165) is 15.6 Å². The molecule has 23 heavy (non-hydrogen) atoms. The Hall–Kier alpha value is -2.14. The number of carbonyl (C=O) groups excluding carboxylic acids is 2. The molecule has 0 aliphatic carbocycles. The van der Waals surface area contributed by atoms with E-state index in [1.807, 2.05) is 49.4 Å². The second-order valence-electron chi connectivity index (χ2n) is 5.17. The first-order chi connectivity index (χ1) is 11.0. The lowest BCUT2D eigenvalue weighted by molar-refractivity contribution is -0.141. The minimum absolute atomic E-state index is 0.0791. The predicted molar refractivity (Wildman–Crippen MR) is 92.2 cm³/mol. The molecule has 5 heteroatoms. The Labute approximate surface area is 144 Å². The van der Waals surface area contributed by atoms with Gasteiger partial charge in [0.15, 0.2) is 0 Å². The van der Waals surface area contributed by atoms with Crippen LogP contribution in [0.15, 0.2) is 53.0 Å². The number of esters is 1. The Morgan fingerprint density at radius 1 is 1.13 bits per heavy atom. The lowest BCUT2D eigenvalue weighted by Crippen LogP contribution is -2.31. The van der Waals surface area contributed by atoms with Gasteiger partial charge in [0, 0.05) is 10.0 Å². The van der Waals surface area contributed by atoms with Gasteiger partial charge >= 0.3 is 5.97 Å². The molecular formula is C18H18BrNO3. The Morgan fingerprint density at radius 3 is 2.39 bits per heavy atom. The average Bonchev–Trinajstić information content (AvgIpc) is 2.55. The van der Waals surface area contributed by atoms with E-state index < -0.39 is 6.04 Å². The van der Waals surface area contributed by atoms with E-state index in [0.29, 0.717) is 5.56 Å². The van der Waals surface area contributed by atoms with E-state index in [1.165, 1.54) is 7.11 Å². The normalized spacial score (nSPS) is 11.6. The first kappa shape index (κ1) is 17.2. The number of halogens is 1. The molecule has 1 atom stereocenters. The van der Waals surface area contributed by atoms with Crippen LogP contribution >= 0.6 is 15.9 Å². The van der Waals surface area contributed by atoms with Gasteiger partial charge in [-0.05, 0) is 36.2 Å². The van der Waals surface area contributed by atoms with E-state index in [9.17, 15) is 9.59 Å². The van der Waals surface area contributed by atoms with Crippen LogP contribution in [0.5, 0.6) is 0 Å². The molecule has 1 N–H and O–H groups in total. The maximum absolute atomic E-state index is 12.5. The van der Waals surface area contributed by atoms with Crippen molar-refractivity contribution in [3.63, 3.8) is 0 Å². The van der Waals surface area contributed by atoms with Crippen molar-refractivity contribution in [2.45, 2.75) is 19.4 Å². The van der Waals surface area contributed by atoms with E-state index in [-0.39, 0.29) is 18.3 Å². The van der Waals surface area contributed by atoms with Gasteiger partial charge in [0.25, 0.3) is 5.91 Å². The molecule has 0 spiro atoms. The fraction of sp³-hybridized carbons (Fsp3) is 0.222. The minimum atomic E-state index is -0.442. The van der Waals surface area contributed by atoms with E-state index in [1.54, 1.807) is 6.07 Å². The maximum Gasteiger partial charge on any atom is 0.307 e. The fourth-order valence-electron chi connectivity index (χ4n) is 2.26. The van der Waals surface area contributed by atoms with Gasteiger partial charge in [-0.2, -0.15) is 0 Å². The van der Waals surface area contributed by atoms with Crippen LogP contribution in [0, 0.1) is 6.92 Å². The third-order valence-corrected chi connectivity index (χ3v) is 4.09. The summed E-state index contributed by atoms with van der Waals surface area (Å²) in [6.45, 7) is 1.88. The van der Waals surface area contributed by atoms with Crippen LogP contribution in [-0.4, -0.2) is 19.0 Å². The monoisotopic (exact) mass is 375 g/mol. The number of rotatable bonds is 5. The molecule has 0 fully saturated rings. The highest BCUT2D eigenvalue weighted by molar-refractivity contribution is 9.10. The van der Waals surface area contributed by atoms with Gasteiger partial charge in [0.2, 0.25) is 0 Å². The molecular weight excluding hydrogens is 358 g/mol. The Balaban J connectivity index is 2.23. The van der Waals surface area contributed by atoms with Gasteiger partial charge in [0.05, 0.1) is 19.6 Å². The van der Waals surface area contributed by atoms with Crippen molar-refractivity contribution in [1.82, 2.24) is 5.32 Å². The summed E-state index contributed by atoms with van der Waals surface area (Å²) < 4.78 is 5.67. The van der Waals surface area contributed by atoms with Gasteiger partial charge in [0.1, 0.15) is 0 Å². The molecule has 4 nitrogen and oxygen atoms in total. The van der Waals surface area contributed by atoms with Crippen LogP contribution in [0.4, 0.5) is 0 Å². The van der Waals surface area contributed by atoms with Crippen molar-refractivity contribution < 1.29 is 14.3 Å². The average molecular weight is 376 g/mol. The summed E-state index contributed by atoms with van der Waals surface area (Å²) in [5.41, 5.74) is 2.33. The van der Waals surface area contributed by atoms with Crippen LogP contribution in [0.3, 0.4) is 0 Å². The molecule has 0 saturated carbocycles. The number of nitrogens with one attached hydrogen (secondary N) is 1. The lowest BCUT2D eigenvalue weighted by atomic mass is 10.0. The van der Waals surface area contributed by atoms with Gasteiger partial charge in [-0.15, -0.1) is 0 Å². The van der Waals surface area contributed by atoms with E-state index >= 15 is 0 Å². The van der Waals surface area contributed by atoms with Crippen LogP contribution in [0.1, 0.15) is 33.9 Å². The van der Waals surface area contributed by atoms with Gasteiger partial charge < -0.3 is 10.1 Å². The number of benzene rings is 2. The number of hydrogen-bond acceptors (Lipinski definition) is 3. The molecule has 120 valence electrons. The number of methoxy groups -OCH3 is 1. The van der Waals surface area contributed by atoms with Crippen LogP contribution in [0.25, 0.3) is 0 Å². The molecule has 0 aliphatic heterocycles. The number of amides is 1. The third-order valence-electron chi connectivity index (χ3n) is 3.57. The topological polar surface area (TPSA) is 55.4 Å². The molecule has 1 amide bonds. The number of hydrogen-bond donors (Lipinski definition) is 1. The van der Waals surface area contributed by atoms with Crippen molar-refractivity contribution in [3.8, 4) is 0 Å². The van der Waals surface area contributed by atoms with Crippen molar-refractivity contribution in [3.05, 3.63) is 69.7 Å². The second kappa shape index (κ2) is 7.92. The summed E-state index contributed by atoms with van der Waals surface area (Å²) in [6, 6.07) is 14.4. The molecule has 0 heterocycles. The maximum atomic E-state index is 12.5. The summed E-state index contributed by atoms with van der Waals surface area (Å²) in [5.74, 6) is -0.581. The quantitative estimate of drug-likeness (QED) is 0.808. The molecule has 0 aromatic heterocycles. The van der Waals surface area contributed by atoms with Crippen LogP contribution in [-0.2, 0) is 9.53 Å². The highest BCUT2D eigenvalue weighted by Gasteiger charge is 2.20. The molecule has 0 bridgehead atoms. The Kier molecular flexibility index (Phi) is 5.93. The first-order valence-corrected chi connectivity index (χ1v) is 7.99.